The molecule has 0 radical (unpaired) electrons. The van der Waals surface area contributed by atoms with Gasteiger partial charge in [-0.25, -0.2) is 0 Å². The predicted octanol–water partition coefficient (Wildman–Crippen LogP) is 3.13. The summed E-state index contributed by atoms with van der Waals surface area (Å²) in [4.78, 5) is 2.43. The van der Waals surface area contributed by atoms with Gasteiger partial charge >= 0.3 is 0 Å². The fourth-order valence-corrected chi connectivity index (χ4v) is 3.09. The van der Waals surface area contributed by atoms with Gasteiger partial charge < -0.3 is 9.84 Å². The van der Waals surface area contributed by atoms with Crippen LogP contribution in [0.3, 0.4) is 0 Å². The monoisotopic (exact) mass is 283 g/mol. The highest BCUT2D eigenvalue weighted by Gasteiger charge is 2.26. The molecule has 0 amide bonds. The fraction of sp³-hybridized carbons (Fsp3) is 0.333. The van der Waals surface area contributed by atoms with Gasteiger partial charge in [-0.05, 0) is 35.2 Å². The smallest absolute Gasteiger partial charge is 0.118 e. The van der Waals surface area contributed by atoms with Crippen molar-refractivity contribution in [3.05, 3.63) is 65.2 Å². The van der Waals surface area contributed by atoms with Crippen LogP contribution in [0.2, 0.25) is 0 Å². The van der Waals surface area contributed by atoms with Crippen molar-refractivity contribution < 1.29 is 9.84 Å². The van der Waals surface area contributed by atoms with E-state index in [1.165, 1.54) is 16.7 Å². The molecule has 21 heavy (non-hydrogen) atoms. The van der Waals surface area contributed by atoms with Crippen molar-refractivity contribution in [3.63, 3.8) is 0 Å². The third-order valence-corrected chi connectivity index (χ3v) is 4.21. The zero-order chi connectivity index (χ0) is 14.7. The maximum absolute atomic E-state index is 9.42. The van der Waals surface area contributed by atoms with Gasteiger partial charge in [-0.3, -0.25) is 4.90 Å². The lowest BCUT2D eigenvalue weighted by Crippen LogP contribution is -2.24. The molecule has 1 unspecified atom stereocenters. The van der Waals surface area contributed by atoms with Crippen LogP contribution >= 0.6 is 0 Å². The fourth-order valence-electron chi connectivity index (χ4n) is 3.09. The second-order valence-corrected chi connectivity index (χ2v) is 5.47. The Bertz CT molecular complexity index is 569. The van der Waals surface area contributed by atoms with Gasteiger partial charge in [0.25, 0.3) is 0 Å². The van der Waals surface area contributed by atoms with Crippen LogP contribution in [0.15, 0.2) is 48.5 Å². The van der Waals surface area contributed by atoms with Crippen LogP contribution in [-0.4, -0.2) is 23.7 Å². The highest BCUT2D eigenvalue weighted by atomic mass is 16.5. The van der Waals surface area contributed by atoms with Gasteiger partial charge in [0.05, 0.1) is 7.11 Å². The summed E-state index contributed by atoms with van der Waals surface area (Å²) in [6.45, 7) is 2.10. The van der Waals surface area contributed by atoms with E-state index >= 15 is 0 Å². The van der Waals surface area contributed by atoms with Crippen molar-refractivity contribution in [2.24, 2.45) is 0 Å². The number of rotatable bonds is 5. The zero-order valence-corrected chi connectivity index (χ0v) is 12.3. The highest BCUT2D eigenvalue weighted by Crippen LogP contribution is 2.33. The number of benzene rings is 2. The van der Waals surface area contributed by atoms with E-state index in [-0.39, 0.29) is 12.6 Å². The first-order chi connectivity index (χ1) is 10.3. The minimum atomic E-state index is 0.198. The van der Waals surface area contributed by atoms with Crippen molar-refractivity contribution in [1.82, 2.24) is 4.90 Å². The number of aliphatic hydroxyl groups excluding tert-OH is 1. The van der Waals surface area contributed by atoms with Crippen LogP contribution in [0, 0.1) is 0 Å². The lowest BCUT2D eigenvalue weighted by atomic mass is 10.0. The Balaban J connectivity index is 1.82. The van der Waals surface area contributed by atoms with Gasteiger partial charge in [-0.15, -0.1) is 0 Å². The maximum Gasteiger partial charge on any atom is 0.118 e. The Labute approximate surface area is 125 Å². The number of ether oxygens (including phenoxy) is 1. The molecular weight excluding hydrogens is 262 g/mol. The number of nitrogens with zero attached hydrogens (tertiary/aromatic N) is 1. The third-order valence-electron chi connectivity index (χ3n) is 4.21. The van der Waals surface area contributed by atoms with Crippen LogP contribution in [0.1, 0.15) is 29.2 Å². The predicted molar refractivity (Wildman–Crippen MR) is 83.1 cm³/mol. The van der Waals surface area contributed by atoms with Gasteiger partial charge in [0.15, 0.2) is 0 Å². The van der Waals surface area contributed by atoms with Crippen molar-refractivity contribution >= 4 is 0 Å². The van der Waals surface area contributed by atoms with Crippen molar-refractivity contribution in [2.75, 3.05) is 13.7 Å². The van der Waals surface area contributed by atoms with Crippen LogP contribution in [-0.2, 0) is 13.1 Å². The summed E-state index contributed by atoms with van der Waals surface area (Å²) in [5, 5.41) is 9.42. The summed E-state index contributed by atoms with van der Waals surface area (Å²) in [5.41, 5.74) is 4.03. The van der Waals surface area contributed by atoms with Crippen LogP contribution in [0.5, 0.6) is 5.75 Å². The summed E-state index contributed by atoms with van der Waals surface area (Å²) in [6, 6.07) is 17.0. The number of hydrogen-bond acceptors (Lipinski definition) is 3. The van der Waals surface area contributed by atoms with Gasteiger partial charge in [0.2, 0.25) is 0 Å². The van der Waals surface area contributed by atoms with E-state index in [0.29, 0.717) is 0 Å². The molecule has 1 aliphatic heterocycles. The van der Waals surface area contributed by atoms with E-state index in [9.17, 15) is 5.11 Å². The van der Waals surface area contributed by atoms with Gasteiger partial charge in [0.1, 0.15) is 5.75 Å². The summed E-state index contributed by atoms with van der Waals surface area (Å²) >= 11 is 0. The molecule has 0 fully saturated rings. The molecule has 0 bridgehead atoms. The lowest BCUT2D eigenvalue weighted by molar-refractivity contribution is 0.157. The Hall–Kier alpha value is -1.84. The van der Waals surface area contributed by atoms with Gasteiger partial charge in [0, 0.05) is 25.7 Å². The largest absolute Gasteiger partial charge is 0.497 e. The molecular formula is C18H21NO2. The molecule has 3 heteroatoms. The molecule has 3 rings (SSSR count). The molecule has 0 aromatic heterocycles. The highest BCUT2D eigenvalue weighted by molar-refractivity contribution is 5.33. The topological polar surface area (TPSA) is 32.7 Å². The first-order valence-electron chi connectivity index (χ1n) is 7.37. The average Bonchev–Trinajstić information content (AvgIpc) is 2.96. The van der Waals surface area contributed by atoms with Crippen LogP contribution in [0.25, 0.3) is 0 Å². The van der Waals surface area contributed by atoms with E-state index in [2.05, 4.69) is 41.3 Å². The lowest BCUT2D eigenvalue weighted by Gasteiger charge is -2.27. The molecule has 0 saturated carbocycles. The normalized spacial score (nSPS) is 15.7. The van der Waals surface area contributed by atoms with E-state index in [1.807, 2.05) is 12.1 Å². The summed E-state index contributed by atoms with van der Waals surface area (Å²) < 4.78 is 5.22. The minimum Gasteiger partial charge on any atom is -0.497 e. The average molecular weight is 283 g/mol. The first-order valence-corrected chi connectivity index (χ1v) is 7.37. The van der Waals surface area contributed by atoms with Gasteiger partial charge in [-0.2, -0.15) is 0 Å². The summed E-state index contributed by atoms with van der Waals surface area (Å²) in [6.07, 6.45) is 0.750. The maximum atomic E-state index is 9.42. The molecule has 3 nitrogen and oxygen atoms in total. The van der Waals surface area contributed by atoms with E-state index < -0.39 is 0 Å². The van der Waals surface area contributed by atoms with E-state index in [4.69, 9.17) is 4.74 Å². The Morgan fingerprint density at radius 2 is 1.67 bits per heavy atom. The molecule has 1 aliphatic rings. The molecule has 2 aromatic carbocycles. The van der Waals surface area contributed by atoms with E-state index in [0.717, 1.165) is 25.3 Å². The summed E-state index contributed by atoms with van der Waals surface area (Å²) in [5.74, 6) is 0.867. The summed E-state index contributed by atoms with van der Waals surface area (Å²) in [7, 11) is 1.68. The Kier molecular flexibility index (Phi) is 4.23. The van der Waals surface area contributed by atoms with Gasteiger partial charge in [-0.1, -0.05) is 36.4 Å². The minimum absolute atomic E-state index is 0.198. The Morgan fingerprint density at radius 3 is 2.19 bits per heavy atom. The molecule has 2 aromatic rings. The first kappa shape index (κ1) is 14.1. The Morgan fingerprint density at radius 1 is 1.05 bits per heavy atom. The number of hydrogen-bond donors (Lipinski definition) is 1. The van der Waals surface area contributed by atoms with Crippen molar-refractivity contribution in [3.8, 4) is 5.75 Å². The van der Waals surface area contributed by atoms with Crippen molar-refractivity contribution in [1.29, 1.82) is 0 Å². The molecule has 0 saturated heterocycles. The zero-order valence-electron chi connectivity index (χ0n) is 12.3. The second-order valence-electron chi connectivity index (χ2n) is 5.47. The van der Waals surface area contributed by atoms with E-state index in [1.54, 1.807) is 7.11 Å². The molecule has 1 atom stereocenters. The second kappa shape index (κ2) is 6.29. The standard InChI is InChI=1S/C18H21NO2/c1-21-17-8-6-14(7-9-17)18(10-11-20)19-12-15-4-2-3-5-16(15)13-19/h2-9,18,20H,10-13H2,1H3. The van der Waals surface area contributed by atoms with Crippen molar-refractivity contribution in [2.45, 2.75) is 25.6 Å². The number of methoxy groups -OCH3 is 1. The number of aliphatic hydroxyl groups is 1. The van der Waals surface area contributed by atoms with Crippen LogP contribution < -0.4 is 4.74 Å². The molecule has 110 valence electrons. The van der Waals surface area contributed by atoms with Crippen LogP contribution in [0.4, 0.5) is 0 Å². The third kappa shape index (κ3) is 2.94. The molecule has 0 aliphatic carbocycles. The molecule has 1 N–H and O–H groups in total. The molecule has 0 spiro atoms. The SMILES string of the molecule is COc1ccc(C(CCO)N2Cc3ccccc3C2)cc1. The quantitative estimate of drug-likeness (QED) is 0.915. The molecule has 1 heterocycles. The number of fused-ring (bicyclic) bond motifs is 1.